The van der Waals surface area contributed by atoms with Crippen LogP contribution in [0.5, 0.6) is 0 Å². The maximum atomic E-state index is 6.24. The van der Waals surface area contributed by atoms with E-state index < -0.39 is 0 Å². The van der Waals surface area contributed by atoms with Gasteiger partial charge in [0.2, 0.25) is 0 Å². The molecule has 1 fully saturated rings. The highest BCUT2D eigenvalue weighted by molar-refractivity contribution is 5.98. The maximum Gasteiger partial charge on any atom is 0.125 e. The minimum Gasteiger partial charge on any atom is -0.384 e. The quantitative estimate of drug-likeness (QED) is 0.123. The van der Waals surface area contributed by atoms with E-state index in [-0.39, 0.29) is 24.8 Å². The third kappa shape index (κ3) is 12.0. The second-order valence-corrected chi connectivity index (χ2v) is 10.4. The Morgan fingerprint density at radius 2 is 0.875 bits per heavy atom. The molecule has 40 heavy (non-hydrogen) atoms. The van der Waals surface area contributed by atoms with Crippen molar-refractivity contribution < 1.29 is 0 Å². The fourth-order valence-corrected chi connectivity index (χ4v) is 4.92. The Balaban J connectivity index is 0.00000400. The minimum absolute atomic E-state index is 0. The number of unbranched alkanes of at least 4 members (excludes halogenated alkanes) is 8. The van der Waals surface area contributed by atoms with Crippen LogP contribution < -0.4 is 21.3 Å². The summed E-state index contributed by atoms with van der Waals surface area (Å²) in [6, 6.07) is 17.1. The molecule has 8 heteroatoms. The minimum atomic E-state index is 0. The van der Waals surface area contributed by atoms with Gasteiger partial charge < -0.3 is 21.3 Å². The Labute approximate surface area is 255 Å². The summed E-state index contributed by atoms with van der Waals surface area (Å²) in [4.78, 5) is 14.1. The summed E-state index contributed by atoms with van der Waals surface area (Å²) >= 11 is 0. The molecular formula is C32H52Cl2N6. The zero-order valence-corrected chi connectivity index (χ0v) is 26.3. The van der Waals surface area contributed by atoms with E-state index in [0.29, 0.717) is 11.7 Å². The number of amidine groups is 2. The molecule has 6 nitrogen and oxygen atoms in total. The first-order chi connectivity index (χ1) is 18.6. The lowest BCUT2D eigenvalue weighted by molar-refractivity contribution is 0.638. The summed E-state index contributed by atoms with van der Waals surface area (Å²) in [6.45, 7) is 10.1. The van der Waals surface area contributed by atoms with Crippen LogP contribution in [0.3, 0.4) is 0 Å². The zero-order valence-electron chi connectivity index (χ0n) is 24.7. The van der Waals surface area contributed by atoms with Crippen LogP contribution in [0.25, 0.3) is 0 Å². The highest BCUT2D eigenvalue weighted by atomic mass is 35.5. The Morgan fingerprint density at radius 3 is 1.20 bits per heavy atom. The van der Waals surface area contributed by atoms with Gasteiger partial charge >= 0.3 is 0 Å². The predicted octanol–water partition coefficient (Wildman–Crippen LogP) is 7.21. The molecule has 0 atom stereocenters. The fourth-order valence-electron chi connectivity index (χ4n) is 4.92. The third-order valence-electron chi connectivity index (χ3n) is 7.42. The topological polar surface area (TPSA) is 83.2 Å². The summed E-state index contributed by atoms with van der Waals surface area (Å²) < 4.78 is 0. The van der Waals surface area contributed by atoms with Crippen molar-refractivity contribution >= 4 is 47.9 Å². The van der Waals surface area contributed by atoms with Crippen molar-refractivity contribution in [1.29, 1.82) is 0 Å². The van der Waals surface area contributed by atoms with Crippen molar-refractivity contribution in [1.82, 2.24) is 0 Å². The number of nitrogens with two attached hydrogens (primary N) is 2. The number of aliphatic imine (C=N–C) groups is 2. The lowest BCUT2D eigenvalue weighted by atomic mass is 10.1. The molecule has 0 unspecified atom stereocenters. The van der Waals surface area contributed by atoms with E-state index in [2.05, 4.69) is 82.2 Å². The summed E-state index contributed by atoms with van der Waals surface area (Å²) in [5.41, 5.74) is 17.0. The Kier molecular flexibility index (Phi) is 18.2. The van der Waals surface area contributed by atoms with E-state index >= 15 is 0 Å². The molecule has 4 N–H and O–H groups in total. The molecule has 1 aliphatic heterocycles. The Bertz CT molecular complexity index is 902. The molecule has 224 valence electrons. The fraction of sp³-hybridized carbons (Fsp3) is 0.562. The molecule has 2 aromatic rings. The number of nitrogens with zero attached hydrogens (tertiary/aromatic N) is 4. The molecule has 2 aromatic carbocycles. The largest absolute Gasteiger partial charge is 0.384 e. The van der Waals surface area contributed by atoms with Gasteiger partial charge in [0.25, 0.3) is 0 Å². The van der Waals surface area contributed by atoms with Crippen molar-refractivity contribution in [2.45, 2.75) is 78.1 Å². The van der Waals surface area contributed by atoms with Gasteiger partial charge in [0, 0.05) is 61.8 Å². The normalized spacial score (nSPS) is 14.1. The number of hydrogen-bond donors (Lipinski definition) is 2. The number of piperazine rings is 1. The Morgan fingerprint density at radius 1 is 0.550 bits per heavy atom. The number of hydrogen-bond acceptors (Lipinski definition) is 4. The molecule has 0 spiro atoms. The van der Waals surface area contributed by atoms with Gasteiger partial charge in [0.1, 0.15) is 11.7 Å². The second-order valence-electron chi connectivity index (χ2n) is 10.4. The van der Waals surface area contributed by atoms with Gasteiger partial charge in [-0.05, 0) is 61.4 Å². The summed E-state index contributed by atoms with van der Waals surface area (Å²) in [5, 5.41) is 0. The average molecular weight is 592 g/mol. The van der Waals surface area contributed by atoms with Gasteiger partial charge in [0.15, 0.2) is 0 Å². The lowest BCUT2D eigenvalue weighted by Crippen LogP contribution is -2.46. The number of benzene rings is 2. The van der Waals surface area contributed by atoms with E-state index in [1.807, 2.05) is 0 Å². The predicted molar refractivity (Wildman–Crippen MR) is 181 cm³/mol. The SMILES string of the molecule is CCCCCCCN=C(N)c1ccc(N2CCN(c3ccc(C(N)=NCCCCCCC)cc3)CC2)cc1.Cl.Cl. The van der Waals surface area contributed by atoms with Crippen LogP contribution in [0, 0.1) is 0 Å². The molecule has 1 aliphatic rings. The van der Waals surface area contributed by atoms with Gasteiger partial charge in [-0.15, -0.1) is 24.8 Å². The Hall–Kier alpha value is -2.44. The van der Waals surface area contributed by atoms with Crippen LogP contribution >= 0.6 is 24.8 Å². The van der Waals surface area contributed by atoms with Crippen molar-refractivity contribution in [2.75, 3.05) is 49.1 Å². The van der Waals surface area contributed by atoms with E-state index in [1.54, 1.807) is 0 Å². The lowest BCUT2D eigenvalue weighted by Gasteiger charge is -2.37. The molecular weight excluding hydrogens is 539 g/mol. The summed E-state index contributed by atoms with van der Waals surface area (Å²) in [7, 11) is 0. The number of anilines is 2. The average Bonchev–Trinajstić information content (AvgIpc) is 2.97. The number of rotatable bonds is 16. The standard InChI is InChI=1S/C32H50N6.2ClH/c1-3-5-7-9-11-21-35-31(33)27-13-17-29(18-14-27)37-23-25-38(26-24-37)30-19-15-28(16-20-30)32(34)36-22-12-10-8-6-4-2;;/h13-20H,3-12,21-26H2,1-2H3,(H2,33,35)(H2,34,36);2*1H. The highest BCUT2D eigenvalue weighted by Gasteiger charge is 2.18. The van der Waals surface area contributed by atoms with Crippen LogP contribution in [0.1, 0.15) is 89.2 Å². The van der Waals surface area contributed by atoms with Crippen molar-refractivity contribution in [3.05, 3.63) is 59.7 Å². The molecule has 1 heterocycles. The summed E-state index contributed by atoms with van der Waals surface area (Å²) in [5.74, 6) is 1.30. The van der Waals surface area contributed by atoms with E-state index in [1.165, 1.54) is 62.7 Å². The molecule has 0 aromatic heterocycles. The first-order valence-corrected chi connectivity index (χ1v) is 14.9. The molecule has 0 saturated carbocycles. The van der Waals surface area contributed by atoms with Crippen LogP contribution in [-0.2, 0) is 0 Å². The molecule has 0 bridgehead atoms. The highest BCUT2D eigenvalue weighted by Crippen LogP contribution is 2.22. The maximum absolute atomic E-state index is 6.24. The van der Waals surface area contributed by atoms with Crippen molar-refractivity contribution in [3.63, 3.8) is 0 Å². The first-order valence-electron chi connectivity index (χ1n) is 14.9. The van der Waals surface area contributed by atoms with Crippen LogP contribution in [0.2, 0.25) is 0 Å². The smallest absolute Gasteiger partial charge is 0.125 e. The van der Waals surface area contributed by atoms with Gasteiger partial charge in [-0.1, -0.05) is 65.2 Å². The van der Waals surface area contributed by atoms with Gasteiger partial charge in [-0.2, -0.15) is 0 Å². The van der Waals surface area contributed by atoms with Crippen LogP contribution in [0.15, 0.2) is 58.5 Å². The van der Waals surface area contributed by atoms with E-state index in [9.17, 15) is 0 Å². The molecule has 1 saturated heterocycles. The van der Waals surface area contributed by atoms with Crippen molar-refractivity contribution in [2.24, 2.45) is 21.5 Å². The zero-order chi connectivity index (χ0) is 27.0. The molecule has 3 rings (SSSR count). The van der Waals surface area contributed by atoms with E-state index in [0.717, 1.165) is 63.2 Å². The van der Waals surface area contributed by atoms with Gasteiger partial charge in [-0.3, -0.25) is 9.98 Å². The summed E-state index contributed by atoms with van der Waals surface area (Å²) in [6.07, 6.45) is 12.5. The first kappa shape index (κ1) is 35.6. The monoisotopic (exact) mass is 590 g/mol. The molecule has 0 radical (unpaired) electrons. The van der Waals surface area contributed by atoms with Crippen molar-refractivity contribution in [3.8, 4) is 0 Å². The van der Waals surface area contributed by atoms with E-state index in [4.69, 9.17) is 11.5 Å². The van der Waals surface area contributed by atoms with Crippen LogP contribution in [-0.4, -0.2) is 50.9 Å². The molecule has 0 amide bonds. The third-order valence-corrected chi connectivity index (χ3v) is 7.42. The second kappa shape index (κ2) is 20.4. The van der Waals surface area contributed by atoms with Gasteiger partial charge in [0.05, 0.1) is 0 Å². The number of halogens is 2. The molecule has 0 aliphatic carbocycles. The van der Waals surface area contributed by atoms with Crippen LogP contribution in [0.4, 0.5) is 11.4 Å². The van der Waals surface area contributed by atoms with Gasteiger partial charge in [-0.25, -0.2) is 0 Å².